The Morgan fingerprint density at radius 2 is 1.68 bits per heavy atom. The lowest BCUT2D eigenvalue weighted by atomic mass is 10.2. The number of hydrogen-bond donors (Lipinski definition) is 2. The van der Waals surface area contributed by atoms with Gasteiger partial charge in [-0.25, -0.2) is 21.5 Å². The fourth-order valence-electron chi connectivity index (χ4n) is 2.03. The highest BCUT2D eigenvalue weighted by Crippen LogP contribution is 2.33. The summed E-state index contributed by atoms with van der Waals surface area (Å²) in [4.78, 5) is 13.0. The molecule has 2 aromatic carbocycles. The summed E-state index contributed by atoms with van der Waals surface area (Å²) in [6, 6.07) is 14.8. The Hall–Kier alpha value is -2.22. The maximum Gasteiger partial charge on any atom is 0.352 e. The van der Waals surface area contributed by atoms with E-state index < -0.39 is 6.03 Å². The van der Waals surface area contributed by atoms with Crippen molar-refractivity contribution in [1.82, 2.24) is 5.01 Å². The number of hydrazine groups is 2. The highest BCUT2D eigenvalue weighted by atomic mass is 32.2. The van der Waals surface area contributed by atoms with Gasteiger partial charge >= 0.3 is 6.03 Å². The number of thioether (sulfide) groups is 1. The van der Waals surface area contributed by atoms with Crippen LogP contribution in [0.2, 0.25) is 0 Å². The fourth-order valence-corrected chi connectivity index (χ4v) is 3.06. The SMILES string of the molecule is CC.COc1ccccc1SCc1ccccc1N(N)C(=O)N(C)N. The number of nitrogens with two attached hydrogens (primary N) is 2. The summed E-state index contributed by atoms with van der Waals surface area (Å²) in [5.41, 5.74) is 1.55. The van der Waals surface area contributed by atoms with Crippen molar-refractivity contribution in [2.24, 2.45) is 11.7 Å². The molecule has 0 saturated heterocycles. The molecule has 0 radical (unpaired) electrons. The molecule has 2 aromatic rings. The molecule has 2 rings (SSSR count). The summed E-state index contributed by atoms with van der Waals surface area (Å²) in [5.74, 6) is 12.8. The topological polar surface area (TPSA) is 84.8 Å². The van der Waals surface area contributed by atoms with Gasteiger partial charge in [0.1, 0.15) is 5.75 Å². The number of carbonyl (C=O) groups is 1. The van der Waals surface area contributed by atoms with Crippen LogP contribution < -0.4 is 21.4 Å². The van der Waals surface area contributed by atoms with Crippen LogP contribution >= 0.6 is 11.8 Å². The second kappa shape index (κ2) is 10.6. The highest BCUT2D eigenvalue weighted by molar-refractivity contribution is 7.98. The minimum absolute atomic E-state index is 0.486. The van der Waals surface area contributed by atoms with Gasteiger partial charge in [-0.1, -0.05) is 44.2 Å². The molecule has 0 aliphatic carbocycles. The third-order valence-corrected chi connectivity index (χ3v) is 4.31. The molecule has 7 heteroatoms. The van der Waals surface area contributed by atoms with Crippen LogP contribution in [-0.4, -0.2) is 25.2 Å². The number of para-hydroxylation sites is 2. The van der Waals surface area contributed by atoms with E-state index >= 15 is 0 Å². The number of amides is 2. The van der Waals surface area contributed by atoms with Gasteiger partial charge in [-0.2, -0.15) is 0 Å². The smallest absolute Gasteiger partial charge is 0.352 e. The van der Waals surface area contributed by atoms with E-state index in [9.17, 15) is 4.79 Å². The van der Waals surface area contributed by atoms with E-state index in [2.05, 4.69) is 0 Å². The van der Waals surface area contributed by atoms with Crippen molar-refractivity contribution >= 4 is 23.5 Å². The molecule has 0 bridgehead atoms. The van der Waals surface area contributed by atoms with Crippen LogP contribution in [0.1, 0.15) is 19.4 Å². The van der Waals surface area contributed by atoms with Crippen molar-refractivity contribution in [1.29, 1.82) is 0 Å². The van der Waals surface area contributed by atoms with Gasteiger partial charge in [0.2, 0.25) is 0 Å². The number of urea groups is 1. The minimum Gasteiger partial charge on any atom is -0.496 e. The van der Waals surface area contributed by atoms with Gasteiger partial charge in [-0.3, -0.25) is 5.01 Å². The van der Waals surface area contributed by atoms with Crippen molar-refractivity contribution in [3.8, 4) is 5.75 Å². The van der Waals surface area contributed by atoms with Gasteiger partial charge in [-0.05, 0) is 23.8 Å². The molecule has 0 aliphatic heterocycles. The zero-order valence-electron chi connectivity index (χ0n) is 15.1. The van der Waals surface area contributed by atoms with E-state index in [1.807, 2.05) is 56.3 Å². The van der Waals surface area contributed by atoms with E-state index in [0.29, 0.717) is 11.4 Å². The van der Waals surface area contributed by atoms with Crippen molar-refractivity contribution < 1.29 is 9.53 Å². The molecule has 4 N–H and O–H groups in total. The first-order chi connectivity index (χ1) is 12.0. The Labute approximate surface area is 153 Å². The van der Waals surface area contributed by atoms with Gasteiger partial charge in [-0.15, -0.1) is 11.8 Å². The average Bonchev–Trinajstić information content (AvgIpc) is 2.67. The van der Waals surface area contributed by atoms with E-state index in [1.165, 1.54) is 7.05 Å². The number of methoxy groups -OCH3 is 1. The largest absolute Gasteiger partial charge is 0.496 e. The lowest BCUT2D eigenvalue weighted by molar-refractivity contribution is 0.216. The lowest BCUT2D eigenvalue weighted by Gasteiger charge is -2.23. The maximum atomic E-state index is 11.9. The molecule has 0 atom stereocenters. The molecule has 0 aliphatic rings. The van der Waals surface area contributed by atoms with Crippen LogP contribution in [0.3, 0.4) is 0 Å². The van der Waals surface area contributed by atoms with Crippen molar-refractivity contribution in [3.63, 3.8) is 0 Å². The number of hydrogen-bond acceptors (Lipinski definition) is 5. The molecule has 0 saturated carbocycles. The molecule has 0 aromatic heterocycles. The Morgan fingerprint density at radius 1 is 1.08 bits per heavy atom. The summed E-state index contributed by atoms with van der Waals surface area (Å²) < 4.78 is 5.35. The number of rotatable bonds is 5. The minimum atomic E-state index is -0.486. The summed E-state index contributed by atoms with van der Waals surface area (Å²) in [6.07, 6.45) is 0. The fraction of sp³-hybridized carbons (Fsp3) is 0.278. The number of anilines is 1. The first-order valence-electron chi connectivity index (χ1n) is 7.95. The molecular formula is C18H26N4O2S. The molecule has 2 amide bonds. The van der Waals surface area contributed by atoms with Crippen molar-refractivity contribution in [2.75, 3.05) is 19.2 Å². The number of carbonyl (C=O) groups excluding carboxylic acids is 1. The number of nitrogens with zero attached hydrogens (tertiary/aromatic N) is 2. The van der Waals surface area contributed by atoms with Gasteiger partial charge in [0, 0.05) is 17.7 Å². The van der Waals surface area contributed by atoms with E-state index in [4.69, 9.17) is 16.4 Å². The average molecular weight is 362 g/mol. The second-order valence-corrected chi connectivity index (χ2v) is 5.85. The maximum absolute atomic E-state index is 11.9. The highest BCUT2D eigenvalue weighted by Gasteiger charge is 2.17. The third kappa shape index (κ3) is 5.67. The Morgan fingerprint density at radius 3 is 2.32 bits per heavy atom. The monoisotopic (exact) mass is 362 g/mol. The molecule has 0 heterocycles. The van der Waals surface area contributed by atoms with Gasteiger partial charge < -0.3 is 4.74 Å². The molecule has 6 nitrogen and oxygen atoms in total. The zero-order valence-corrected chi connectivity index (χ0v) is 15.9. The summed E-state index contributed by atoms with van der Waals surface area (Å²) in [5, 5.41) is 2.00. The normalized spacial score (nSPS) is 9.68. The molecule has 0 unspecified atom stereocenters. The molecule has 0 fully saturated rings. The Kier molecular flexibility index (Phi) is 8.83. The first-order valence-corrected chi connectivity index (χ1v) is 8.94. The quantitative estimate of drug-likeness (QED) is 0.367. The molecular weight excluding hydrogens is 336 g/mol. The van der Waals surface area contributed by atoms with E-state index in [-0.39, 0.29) is 0 Å². The van der Waals surface area contributed by atoms with Crippen LogP contribution in [0.4, 0.5) is 10.5 Å². The summed E-state index contributed by atoms with van der Waals surface area (Å²) in [6.45, 7) is 4.00. The van der Waals surface area contributed by atoms with Crippen LogP contribution in [0.25, 0.3) is 0 Å². The Bertz CT molecular complexity index is 680. The van der Waals surface area contributed by atoms with E-state index in [0.717, 1.165) is 26.2 Å². The predicted octanol–water partition coefficient (Wildman–Crippen LogP) is 3.62. The molecule has 0 spiro atoms. The Balaban J connectivity index is 0.00000151. The molecule has 25 heavy (non-hydrogen) atoms. The molecule has 136 valence electrons. The third-order valence-electron chi connectivity index (χ3n) is 3.21. The first kappa shape index (κ1) is 20.8. The number of ether oxygens (including phenoxy) is 1. The van der Waals surface area contributed by atoms with Gasteiger partial charge in [0.25, 0.3) is 0 Å². The lowest BCUT2D eigenvalue weighted by Crippen LogP contribution is -2.48. The van der Waals surface area contributed by atoms with Gasteiger partial charge in [0.05, 0.1) is 12.8 Å². The summed E-state index contributed by atoms with van der Waals surface area (Å²) >= 11 is 1.61. The standard InChI is InChI=1S/C16H20N4O2S.C2H6/c1-19(17)16(21)20(18)13-8-4-3-7-12(13)11-23-15-10-6-5-9-14(15)22-2;1-2/h3-10H,11,17-18H2,1-2H3;1-2H3. The van der Waals surface area contributed by atoms with Crippen molar-refractivity contribution in [2.45, 2.75) is 24.5 Å². The van der Waals surface area contributed by atoms with Crippen LogP contribution in [0.15, 0.2) is 53.4 Å². The van der Waals surface area contributed by atoms with Crippen LogP contribution in [0, 0.1) is 0 Å². The number of benzene rings is 2. The van der Waals surface area contributed by atoms with E-state index in [1.54, 1.807) is 24.9 Å². The van der Waals surface area contributed by atoms with Crippen LogP contribution in [-0.2, 0) is 5.75 Å². The van der Waals surface area contributed by atoms with Crippen molar-refractivity contribution in [3.05, 3.63) is 54.1 Å². The van der Waals surface area contributed by atoms with Gasteiger partial charge in [0.15, 0.2) is 0 Å². The second-order valence-electron chi connectivity index (χ2n) is 4.83. The summed E-state index contributed by atoms with van der Waals surface area (Å²) in [7, 11) is 3.10. The zero-order chi connectivity index (χ0) is 18.8. The predicted molar refractivity (Wildman–Crippen MR) is 104 cm³/mol. The van der Waals surface area contributed by atoms with Crippen LogP contribution in [0.5, 0.6) is 5.75 Å².